The fraction of sp³-hybridized carbons (Fsp3) is 0.737. The maximum Gasteiger partial charge on any atom is 0.257 e. The summed E-state index contributed by atoms with van der Waals surface area (Å²) < 4.78 is 1.86. The van der Waals surface area contributed by atoms with Crippen LogP contribution in [0.5, 0.6) is 0 Å². The van der Waals surface area contributed by atoms with E-state index in [1.54, 1.807) is 6.20 Å². The molecule has 3 rings (SSSR count). The highest BCUT2D eigenvalue weighted by Gasteiger charge is 2.45. The molecule has 2 amide bonds. The Morgan fingerprint density at radius 2 is 2.00 bits per heavy atom. The normalized spacial score (nSPS) is 20.1. The third-order valence-electron chi connectivity index (χ3n) is 5.74. The van der Waals surface area contributed by atoms with Gasteiger partial charge in [-0.25, -0.2) is 0 Å². The fourth-order valence-electron chi connectivity index (χ4n) is 4.25. The molecule has 2 saturated heterocycles. The van der Waals surface area contributed by atoms with Gasteiger partial charge in [-0.05, 0) is 32.6 Å². The summed E-state index contributed by atoms with van der Waals surface area (Å²) >= 11 is 0. The molecule has 0 N–H and O–H groups in total. The van der Waals surface area contributed by atoms with Gasteiger partial charge in [-0.15, -0.1) is 0 Å². The average Bonchev–Trinajstić information content (AvgIpc) is 3.07. The van der Waals surface area contributed by atoms with Crippen LogP contribution in [-0.4, -0.2) is 57.6 Å². The van der Waals surface area contributed by atoms with Gasteiger partial charge in [0.2, 0.25) is 5.91 Å². The van der Waals surface area contributed by atoms with E-state index in [-0.39, 0.29) is 17.2 Å². The molecule has 1 spiro atoms. The number of aromatic nitrogens is 2. The van der Waals surface area contributed by atoms with Gasteiger partial charge in [0, 0.05) is 50.3 Å². The topological polar surface area (TPSA) is 58.4 Å². The van der Waals surface area contributed by atoms with Crippen molar-refractivity contribution >= 4 is 11.8 Å². The van der Waals surface area contributed by atoms with Gasteiger partial charge in [0.15, 0.2) is 0 Å². The maximum absolute atomic E-state index is 12.8. The van der Waals surface area contributed by atoms with Gasteiger partial charge in [-0.1, -0.05) is 13.8 Å². The zero-order chi connectivity index (χ0) is 18.2. The minimum absolute atomic E-state index is 0.0748. The van der Waals surface area contributed by atoms with E-state index in [2.05, 4.69) is 18.9 Å². The molecular formula is C19H30N4O2. The highest BCUT2D eigenvalue weighted by Crippen LogP contribution is 2.41. The van der Waals surface area contributed by atoms with Crippen LogP contribution < -0.4 is 0 Å². The van der Waals surface area contributed by atoms with E-state index in [9.17, 15) is 9.59 Å². The number of carbonyl (C=O) groups is 2. The summed E-state index contributed by atoms with van der Waals surface area (Å²) in [6, 6.07) is 0. The fourth-order valence-corrected chi connectivity index (χ4v) is 4.25. The van der Waals surface area contributed by atoms with Crippen molar-refractivity contribution < 1.29 is 9.59 Å². The van der Waals surface area contributed by atoms with Gasteiger partial charge in [-0.3, -0.25) is 14.3 Å². The highest BCUT2D eigenvalue weighted by atomic mass is 16.2. The molecule has 3 heterocycles. The lowest BCUT2D eigenvalue weighted by atomic mass is 9.77. The second-order valence-corrected chi connectivity index (χ2v) is 8.10. The van der Waals surface area contributed by atoms with Crippen molar-refractivity contribution in [3.05, 3.63) is 17.5 Å². The maximum atomic E-state index is 12.8. The number of likely N-dealkylation sites (tertiary alicyclic amines) is 2. The molecule has 0 unspecified atom stereocenters. The molecule has 0 radical (unpaired) electrons. The van der Waals surface area contributed by atoms with Gasteiger partial charge in [0.1, 0.15) is 0 Å². The highest BCUT2D eigenvalue weighted by molar-refractivity contribution is 5.95. The van der Waals surface area contributed by atoms with Crippen molar-refractivity contribution in [1.82, 2.24) is 19.6 Å². The lowest BCUT2D eigenvalue weighted by Gasteiger charge is -2.39. The minimum atomic E-state index is 0.0748. The number of hydrogen-bond donors (Lipinski definition) is 0. The van der Waals surface area contributed by atoms with Crippen molar-refractivity contribution in [2.45, 2.75) is 53.5 Å². The smallest absolute Gasteiger partial charge is 0.257 e. The van der Waals surface area contributed by atoms with Crippen molar-refractivity contribution in [3.63, 3.8) is 0 Å². The molecule has 0 saturated carbocycles. The van der Waals surface area contributed by atoms with Crippen LogP contribution in [0.3, 0.4) is 0 Å². The number of aryl methyl sites for hydroxylation is 1. The summed E-state index contributed by atoms with van der Waals surface area (Å²) in [5.74, 6) is 0.864. The average molecular weight is 346 g/mol. The summed E-state index contributed by atoms with van der Waals surface area (Å²) in [5, 5.41) is 4.29. The van der Waals surface area contributed by atoms with Crippen LogP contribution in [0.2, 0.25) is 0 Å². The van der Waals surface area contributed by atoms with Crippen LogP contribution in [0.15, 0.2) is 6.20 Å². The zero-order valence-electron chi connectivity index (χ0n) is 15.9. The molecule has 1 aromatic heterocycles. The Kier molecular flexibility index (Phi) is 4.89. The molecule has 0 atom stereocenters. The zero-order valence-corrected chi connectivity index (χ0v) is 15.9. The molecule has 6 heteroatoms. The third-order valence-corrected chi connectivity index (χ3v) is 5.74. The molecule has 2 aliphatic heterocycles. The second-order valence-electron chi connectivity index (χ2n) is 8.10. The number of carbonyl (C=O) groups excluding carboxylic acids is 2. The Bertz CT molecular complexity index is 656. The number of hydrogen-bond acceptors (Lipinski definition) is 3. The Morgan fingerprint density at radius 3 is 2.56 bits per heavy atom. The Morgan fingerprint density at radius 1 is 1.32 bits per heavy atom. The molecule has 1 aromatic rings. The number of nitrogens with zero attached hydrogens (tertiary/aromatic N) is 4. The predicted molar refractivity (Wildman–Crippen MR) is 96.2 cm³/mol. The van der Waals surface area contributed by atoms with Crippen LogP contribution in [0.4, 0.5) is 0 Å². The van der Waals surface area contributed by atoms with E-state index in [1.807, 2.05) is 28.3 Å². The van der Waals surface area contributed by atoms with Crippen LogP contribution >= 0.6 is 0 Å². The van der Waals surface area contributed by atoms with E-state index in [0.29, 0.717) is 17.9 Å². The van der Waals surface area contributed by atoms with Crippen molar-refractivity contribution in [3.8, 4) is 0 Å². The summed E-state index contributed by atoms with van der Waals surface area (Å²) in [5.41, 5.74) is 1.72. The lowest BCUT2D eigenvalue weighted by Crippen LogP contribution is -2.44. The quantitative estimate of drug-likeness (QED) is 0.841. The first-order valence-electron chi connectivity index (χ1n) is 9.44. The summed E-state index contributed by atoms with van der Waals surface area (Å²) in [7, 11) is 0. The van der Waals surface area contributed by atoms with E-state index < -0.39 is 0 Å². The van der Waals surface area contributed by atoms with E-state index in [1.165, 1.54) is 0 Å². The van der Waals surface area contributed by atoms with E-state index >= 15 is 0 Å². The largest absolute Gasteiger partial charge is 0.342 e. The Balaban J connectivity index is 1.63. The number of amides is 2. The second kappa shape index (κ2) is 6.81. The van der Waals surface area contributed by atoms with E-state index in [0.717, 1.165) is 51.3 Å². The molecule has 2 aliphatic rings. The molecule has 0 aliphatic carbocycles. The molecule has 25 heavy (non-hydrogen) atoms. The summed E-state index contributed by atoms with van der Waals surface area (Å²) in [6.07, 6.45) is 4.17. The SMILES string of the molecule is CCn1ncc(C(=O)N2CCC3(CC2)CC(=O)N(CC(C)C)C3)c1C. The first-order valence-corrected chi connectivity index (χ1v) is 9.44. The molecule has 0 bridgehead atoms. The first-order chi connectivity index (χ1) is 11.8. The van der Waals surface area contributed by atoms with Crippen molar-refractivity contribution in [2.75, 3.05) is 26.2 Å². The minimum Gasteiger partial charge on any atom is -0.342 e. The van der Waals surface area contributed by atoms with E-state index in [4.69, 9.17) is 0 Å². The summed E-state index contributed by atoms with van der Waals surface area (Å²) in [6.45, 7) is 12.2. The monoisotopic (exact) mass is 346 g/mol. The first kappa shape index (κ1) is 18.0. The predicted octanol–water partition coefficient (Wildman–Crippen LogP) is 2.32. The van der Waals surface area contributed by atoms with Crippen LogP contribution in [0, 0.1) is 18.3 Å². The molecule has 6 nitrogen and oxygen atoms in total. The molecule has 0 aromatic carbocycles. The van der Waals surface area contributed by atoms with Gasteiger partial charge in [0.05, 0.1) is 11.8 Å². The van der Waals surface area contributed by atoms with Gasteiger partial charge in [0.25, 0.3) is 5.91 Å². The Hall–Kier alpha value is -1.85. The van der Waals surface area contributed by atoms with Crippen molar-refractivity contribution in [1.29, 1.82) is 0 Å². The third kappa shape index (κ3) is 3.44. The number of rotatable bonds is 4. The van der Waals surface area contributed by atoms with Crippen LogP contribution in [0.25, 0.3) is 0 Å². The van der Waals surface area contributed by atoms with Gasteiger partial charge in [-0.2, -0.15) is 5.10 Å². The molecule has 2 fully saturated rings. The molecular weight excluding hydrogens is 316 g/mol. The van der Waals surface area contributed by atoms with Gasteiger partial charge < -0.3 is 9.80 Å². The Labute approximate surface area is 150 Å². The van der Waals surface area contributed by atoms with Crippen molar-refractivity contribution in [2.24, 2.45) is 11.3 Å². The van der Waals surface area contributed by atoms with Crippen LogP contribution in [0.1, 0.15) is 56.1 Å². The standard InChI is InChI=1S/C19H30N4O2/c1-5-23-15(4)16(11-20-23)18(25)21-8-6-19(7-9-21)10-17(24)22(13-19)12-14(2)3/h11,14H,5-10,12-13H2,1-4H3. The van der Waals surface area contributed by atoms with Gasteiger partial charge >= 0.3 is 0 Å². The molecule has 138 valence electrons. The lowest BCUT2D eigenvalue weighted by molar-refractivity contribution is -0.128. The van der Waals surface area contributed by atoms with Crippen LogP contribution in [-0.2, 0) is 11.3 Å². The summed E-state index contributed by atoms with van der Waals surface area (Å²) in [4.78, 5) is 29.1. The number of piperidine rings is 1.